The second-order valence-electron chi connectivity index (χ2n) is 2.49. The molecule has 1 aliphatic heterocycles. The van der Waals surface area contributed by atoms with Crippen LogP contribution in [0.3, 0.4) is 0 Å². The van der Waals surface area contributed by atoms with Gasteiger partial charge in [-0.25, -0.2) is 0 Å². The van der Waals surface area contributed by atoms with Crippen LogP contribution in [-0.4, -0.2) is 37.1 Å². The van der Waals surface area contributed by atoms with Crippen molar-refractivity contribution in [2.75, 3.05) is 20.1 Å². The molecule has 0 amide bonds. The van der Waals surface area contributed by atoms with E-state index in [9.17, 15) is 0 Å². The summed E-state index contributed by atoms with van der Waals surface area (Å²) in [6, 6.07) is 0.0278. The van der Waals surface area contributed by atoms with Crippen LogP contribution in [0.5, 0.6) is 0 Å². The minimum absolute atomic E-state index is 0. The summed E-state index contributed by atoms with van der Waals surface area (Å²) >= 11 is 0. The Morgan fingerprint density at radius 2 is 1.82 bits per heavy atom. The standard InChI is InChI=1S/C5H12N3.C2H6.K/c1-8-2-4(6)5(7)3-8;1-2;/h4-6H,2-3,7H2,1H3;1-2H3;/q-1;;+1. The Morgan fingerprint density at radius 3 is 1.91 bits per heavy atom. The average molecular weight is 183 g/mol. The number of hydrogen-bond acceptors (Lipinski definition) is 2. The second-order valence-corrected chi connectivity index (χ2v) is 2.49. The van der Waals surface area contributed by atoms with Crippen molar-refractivity contribution in [1.29, 1.82) is 0 Å². The van der Waals surface area contributed by atoms with E-state index in [1.165, 1.54) is 0 Å². The predicted molar refractivity (Wildman–Crippen MR) is 44.9 cm³/mol. The first-order chi connectivity index (χ1) is 4.70. The summed E-state index contributed by atoms with van der Waals surface area (Å²) in [5.74, 6) is 0. The fourth-order valence-corrected chi connectivity index (χ4v) is 1.03. The Morgan fingerprint density at radius 1 is 1.36 bits per heavy atom. The van der Waals surface area contributed by atoms with Crippen LogP contribution in [-0.2, 0) is 0 Å². The molecule has 0 radical (unpaired) electrons. The van der Waals surface area contributed by atoms with Gasteiger partial charge in [-0.2, -0.15) is 0 Å². The van der Waals surface area contributed by atoms with Gasteiger partial charge >= 0.3 is 51.4 Å². The Balaban J connectivity index is 0. The molecule has 1 saturated heterocycles. The molecular weight excluding hydrogens is 165 g/mol. The third-order valence-corrected chi connectivity index (χ3v) is 1.55. The van der Waals surface area contributed by atoms with Gasteiger partial charge in [-0.05, 0) is 13.6 Å². The molecule has 1 fully saturated rings. The Kier molecular flexibility index (Phi) is 11.1. The van der Waals surface area contributed by atoms with Gasteiger partial charge in [-0.1, -0.05) is 13.8 Å². The summed E-state index contributed by atoms with van der Waals surface area (Å²) in [5.41, 5.74) is 12.8. The number of rotatable bonds is 0. The normalized spacial score (nSPS) is 30.3. The molecule has 1 heterocycles. The van der Waals surface area contributed by atoms with Crippen molar-refractivity contribution < 1.29 is 51.4 Å². The number of nitrogens with zero attached hydrogens (tertiary/aromatic N) is 1. The Bertz CT molecular complexity index is 79.8. The summed E-state index contributed by atoms with van der Waals surface area (Å²) < 4.78 is 0. The van der Waals surface area contributed by atoms with E-state index in [0.717, 1.165) is 13.1 Å². The summed E-state index contributed by atoms with van der Waals surface area (Å²) in [5, 5.41) is 0. The zero-order valence-electron chi connectivity index (χ0n) is 8.09. The van der Waals surface area contributed by atoms with Crippen LogP contribution in [0, 0.1) is 0 Å². The predicted octanol–water partition coefficient (Wildman–Crippen LogP) is -2.29. The molecule has 11 heavy (non-hydrogen) atoms. The monoisotopic (exact) mass is 183 g/mol. The molecule has 2 atom stereocenters. The average Bonchev–Trinajstić information content (AvgIpc) is 2.16. The summed E-state index contributed by atoms with van der Waals surface area (Å²) in [6.45, 7) is 5.72. The molecular formula is C7H18KN3. The fourth-order valence-electron chi connectivity index (χ4n) is 1.03. The van der Waals surface area contributed by atoms with Gasteiger partial charge in [0.1, 0.15) is 0 Å². The van der Waals surface area contributed by atoms with Crippen LogP contribution >= 0.6 is 0 Å². The number of likely N-dealkylation sites (N-methyl/N-ethyl adjacent to an activating group) is 1. The molecule has 0 saturated carbocycles. The summed E-state index contributed by atoms with van der Waals surface area (Å²) in [4.78, 5) is 2.09. The number of nitrogens with one attached hydrogen (secondary N) is 1. The quantitative estimate of drug-likeness (QED) is 0.430. The van der Waals surface area contributed by atoms with E-state index in [0.29, 0.717) is 0 Å². The van der Waals surface area contributed by atoms with Crippen molar-refractivity contribution >= 4 is 0 Å². The fraction of sp³-hybridized carbons (Fsp3) is 1.00. The van der Waals surface area contributed by atoms with Crippen LogP contribution < -0.4 is 57.1 Å². The van der Waals surface area contributed by atoms with Gasteiger partial charge in [-0.3, -0.25) is 0 Å². The molecule has 0 bridgehead atoms. The zero-order valence-corrected chi connectivity index (χ0v) is 11.2. The number of hydrogen-bond donors (Lipinski definition) is 1. The summed E-state index contributed by atoms with van der Waals surface area (Å²) in [7, 11) is 1.99. The maximum Gasteiger partial charge on any atom is 1.00 e. The molecule has 3 N–H and O–H groups in total. The molecule has 0 aromatic heterocycles. The first-order valence-electron chi connectivity index (χ1n) is 3.85. The Hall–Kier alpha value is 1.52. The summed E-state index contributed by atoms with van der Waals surface area (Å²) in [6.07, 6.45) is 0. The minimum atomic E-state index is -0.0556. The van der Waals surface area contributed by atoms with Crippen LogP contribution in [0.1, 0.15) is 13.8 Å². The zero-order chi connectivity index (χ0) is 8.15. The Labute approximate surface area is 112 Å². The van der Waals surface area contributed by atoms with Crippen molar-refractivity contribution in [2.45, 2.75) is 25.9 Å². The van der Waals surface area contributed by atoms with Crippen LogP contribution in [0.15, 0.2) is 0 Å². The first-order valence-corrected chi connectivity index (χ1v) is 3.85. The van der Waals surface area contributed by atoms with Crippen molar-refractivity contribution in [3.05, 3.63) is 5.73 Å². The maximum absolute atomic E-state index is 7.30. The third-order valence-electron chi connectivity index (χ3n) is 1.55. The van der Waals surface area contributed by atoms with Crippen molar-refractivity contribution in [3.63, 3.8) is 0 Å². The van der Waals surface area contributed by atoms with Crippen LogP contribution in [0.25, 0.3) is 5.73 Å². The third kappa shape index (κ3) is 5.71. The van der Waals surface area contributed by atoms with Gasteiger partial charge in [0.05, 0.1) is 0 Å². The van der Waals surface area contributed by atoms with Gasteiger partial charge < -0.3 is 16.4 Å². The molecule has 1 aliphatic rings. The van der Waals surface area contributed by atoms with E-state index in [4.69, 9.17) is 11.5 Å². The molecule has 0 aliphatic carbocycles. The van der Waals surface area contributed by atoms with E-state index >= 15 is 0 Å². The maximum atomic E-state index is 7.30. The topological polar surface area (TPSA) is 53.1 Å². The van der Waals surface area contributed by atoms with E-state index in [2.05, 4.69) is 4.90 Å². The molecule has 0 spiro atoms. The van der Waals surface area contributed by atoms with Crippen molar-refractivity contribution in [1.82, 2.24) is 4.90 Å². The largest absolute Gasteiger partial charge is 1.00 e. The van der Waals surface area contributed by atoms with Crippen molar-refractivity contribution in [3.8, 4) is 0 Å². The molecule has 3 nitrogen and oxygen atoms in total. The number of nitrogens with two attached hydrogens (primary N) is 1. The van der Waals surface area contributed by atoms with E-state index in [1.54, 1.807) is 0 Å². The van der Waals surface area contributed by atoms with Crippen LogP contribution in [0.4, 0.5) is 0 Å². The van der Waals surface area contributed by atoms with Gasteiger partial charge in [0.15, 0.2) is 0 Å². The van der Waals surface area contributed by atoms with Crippen molar-refractivity contribution in [2.24, 2.45) is 5.73 Å². The van der Waals surface area contributed by atoms with Gasteiger partial charge in [0.2, 0.25) is 0 Å². The van der Waals surface area contributed by atoms with E-state index in [-0.39, 0.29) is 63.5 Å². The SMILES string of the molecule is CC.CN1CC([NH-])C(N)C1.[K+]. The molecule has 2 unspecified atom stereocenters. The van der Waals surface area contributed by atoms with Gasteiger partial charge in [-0.15, -0.1) is 6.04 Å². The van der Waals surface area contributed by atoms with Crippen LogP contribution in [0.2, 0.25) is 0 Å². The number of likely N-dealkylation sites (tertiary alicyclic amines) is 1. The molecule has 1 rings (SSSR count). The molecule has 0 aromatic rings. The second kappa shape index (κ2) is 8.13. The first kappa shape index (κ1) is 15.0. The smallest absolute Gasteiger partial charge is 0.672 e. The van der Waals surface area contributed by atoms with E-state index in [1.807, 2.05) is 20.9 Å². The van der Waals surface area contributed by atoms with Gasteiger partial charge in [0, 0.05) is 12.6 Å². The molecule has 0 aromatic carbocycles. The molecule has 62 valence electrons. The van der Waals surface area contributed by atoms with Gasteiger partial charge in [0.25, 0.3) is 0 Å². The molecule has 4 heteroatoms. The minimum Gasteiger partial charge on any atom is -0.672 e. The van der Waals surface area contributed by atoms with E-state index < -0.39 is 0 Å².